The highest BCUT2D eigenvalue weighted by atomic mass is 15.2. The Morgan fingerprint density at radius 2 is 0.549 bits per heavy atom. The summed E-state index contributed by atoms with van der Waals surface area (Å²) in [6, 6.07) is 92.2. The van der Waals surface area contributed by atoms with Crippen LogP contribution in [0.4, 0.5) is 34.1 Å². The first kappa shape index (κ1) is 48.6. The van der Waals surface area contributed by atoms with Crippen LogP contribution in [0.2, 0.25) is 0 Å². The van der Waals surface area contributed by atoms with Crippen molar-refractivity contribution in [1.29, 1.82) is 0 Å². The van der Waals surface area contributed by atoms with Gasteiger partial charge < -0.3 is 9.80 Å². The van der Waals surface area contributed by atoms with E-state index in [0.717, 1.165) is 0 Å². The average Bonchev–Trinajstić information content (AvgIpc) is 2.30. The molecule has 2 nitrogen and oxygen atoms in total. The van der Waals surface area contributed by atoms with E-state index >= 15 is 0 Å². The molecule has 12 aromatic rings. The number of para-hydroxylation sites is 2. The summed E-state index contributed by atoms with van der Waals surface area (Å²) in [6.45, 7) is 19.2. The van der Waals surface area contributed by atoms with Gasteiger partial charge in [0, 0.05) is 33.0 Å². The minimum atomic E-state index is -0.203. The zero-order valence-corrected chi connectivity index (χ0v) is 48.0. The summed E-state index contributed by atoms with van der Waals surface area (Å²) in [7, 11) is 0. The molecule has 2 heteroatoms. The van der Waals surface area contributed by atoms with Gasteiger partial charge in [-0.15, -0.1) is 0 Å². The smallest absolute Gasteiger partial charge is 0.0508 e. The van der Waals surface area contributed by atoms with E-state index in [4.69, 9.17) is 0 Å². The van der Waals surface area contributed by atoms with Crippen LogP contribution in [0, 0.1) is 0 Å². The van der Waals surface area contributed by atoms with Gasteiger partial charge in [0.25, 0.3) is 0 Å². The first-order chi connectivity index (χ1) is 39.6. The van der Waals surface area contributed by atoms with Gasteiger partial charge in [0.1, 0.15) is 0 Å². The monoisotopic (exact) mass is 1050 g/mol. The summed E-state index contributed by atoms with van der Waals surface area (Å²) in [5, 5.41) is 5.00. The number of anilines is 6. The summed E-state index contributed by atoms with van der Waals surface area (Å²) in [5.74, 6) is 0. The quantitative estimate of drug-likeness (QED) is 0.169. The number of hydrogen-bond donors (Lipinski definition) is 0. The maximum Gasteiger partial charge on any atom is 0.0508 e. The molecule has 2 heterocycles. The van der Waals surface area contributed by atoms with Gasteiger partial charge in [-0.2, -0.15) is 0 Å². The summed E-state index contributed by atoms with van der Waals surface area (Å²) in [4.78, 5) is 5.01. The lowest BCUT2D eigenvalue weighted by molar-refractivity contribution is 0.627. The summed E-state index contributed by atoms with van der Waals surface area (Å²) in [5.41, 5.74) is 30.3. The molecule has 0 radical (unpaired) electrons. The summed E-state index contributed by atoms with van der Waals surface area (Å²) in [6.07, 6.45) is 0. The fourth-order valence-corrected chi connectivity index (χ4v) is 15.1. The van der Waals surface area contributed by atoms with Crippen LogP contribution in [-0.2, 0) is 21.7 Å². The lowest BCUT2D eigenvalue weighted by Gasteiger charge is -2.43. The predicted octanol–water partition coefficient (Wildman–Crippen LogP) is 21.8. The second-order valence-corrected chi connectivity index (χ2v) is 25.8. The van der Waals surface area contributed by atoms with Gasteiger partial charge in [-0.05, 0) is 194 Å². The lowest BCUT2D eigenvalue weighted by Crippen LogP contribution is -2.31. The van der Waals surface area contributed by atoms with E-state index in [1.54, 1.807) is 0 Å². The largest absolute Gasteiger partial charge is 0.310 e. The normalized spacial score (nSPS) is 15.9. The summed E-state index contributed by atoms with van der Waals surface area (Å²) < 4.78 is 0. The molecule has 0 saturated carbocycles. The molecular weight excluding hydrogens is 989 g/mol. The van der Waals surface area contributed by atoms with Crippen LogP contribution in [0.5, 0.6) is 0 Å². The Hall–Kier alpha value is -9.24. The Kier molecular flexibility index (Phi) is 10.2. The van der Waals surface area contributed by atoms with E-state index in [9.17, 15) is 0 Å². The average molecular weight is 1050 g/mol. The van der Waals surface area contributed by atoms with E-state index in [1.807, 2.05) is 0 Å². The van der Waals surface area contributed by atoms with Crippen LogP contribution >= 0.6 is 0 Å². The molecule has 82 heavy (non-hydrogen) atoms. The van der Waals surface area contributed by atoms with Crippen molar-refractivity contribution in [2.45, 2.75) is 77.0 Å². The molecule has 0 atom stereocenters. The van der Waals surface area contributed by atoms with E-state index in [-0.39, 0.29) is 21.7 Å². The first-order valence-electron chi connectivity index (χ1n) is 29.3. The van der Waals surface area contributed by atoms with Gasteiger partial charge >= 0.3 is 0 Å². The Morgan fingerprint density at radius 1 is 0.207 bits per heavy atom. The van der Waals surface area contributed by atoms with Crippen LogP contribution in [-0.4, -0.2) is 0 Å². The van der Waals surface area contributed by atoms with Crippen LogP contribution in [0.3, 0.4) is 0 Å². The number of rotatable bonds is 5. The molecule has 12 aromatic carbocycles. The van der Waals surface area contributed by atoms with Crippen LogP contribution in [0.1, 0.15) is 99.9 Å². The van der Waals surface area contributed by atoms with Crippen LogP contribution < -0.4 is 9.80 Å². The molecule has 0 bridgehead atoms. The van der Waals surface area contributed by atoms with Crippen molar-refractivity contribution in [3.05, 3.63) is 287 Å². The van der Waals surface area contributed by atoms with Crippen molar-refractivity contribution in [2.24, 2.45) is 0 Å². The Bertz CT molecular complexity index is 4700. The Morgan fingerprint density at radius 3 is 1.05 bits per heavy atom. The molecular formula is C80H64N2. The minimum absolute atomic E-state index is 0.166. The van der Waals surface area contributed by atoms with Gasteiger partial charge in [-0.1, -0.05) is 225 Å². The minimum Gasteiger partial charge on any atom is -0.310 e. The van der Waals surface area contributed by atoms with Crippen molar-refractivity contribution in [3.8, 4) is 55.6 Å². The standard InChI is InChI=1S/C80H64N2/c1-77(2)65-21-13-15-23-73(65)81(59-35-29-49-17-9-11-19-53(49)41-59)75-46-58(34-40-67(75)77)57-33-38-62-61-37-31-55(43-68(61)79(5,6)69(62)45-57)51-25-27-52(28-26-51)56-32-39-63-64-47-72-76(48-71(64)80(7,8)70(63)44-56)82(74-24-16-14-22-66(74)78(72,3)4)60-36-30-50-18-10-12-20-54(50)42-60/h9-48H,1-8H3. The highest BCUT2D eigenvalue weighted by Gasteiger charge is 2.43. The Balaban J connectivity index is 0.703. The zero-order valence-electron chi connectivity index (χ0n) is 48.0. The molecule has 0 spiro atoms. The van der Waals surface area contributed by atoms with E-state index < -0.39 is 0 Å². The van der Waals surface area contributed by atoms with Gasteiger partial charge in [0.05, 0.1) is 22.7 Å². The fraction of sp³-hybridized carbons (Fsp3) is 0.150. The molecule has 0 saturated heterocycles. The third-order valence-electron chi connectivity index (χ3n) is 19.8. The second-order valence-electron chi connectivity index (χ2n) is 25.8. The SMILES string of the molecule is CC1(C)c2cc(-c3ccc(-c4ccc5c(c4)C(C)(C)c4cc6c(cc4-5)C(C)(C)c4ccccc4N6c4ccc5ccccc5c4)cc3)ccc2-c2ccc(-c3ccc4c(c3)N(c3ccc5ccccc5c3)c3ccccc3C4(C)C)cc21. The van der Waals surface area contributed by atoms with E-state index in [0.29, 0.717) is 0 Å². The number of hydrogen-bond acceptors (Lipinski definition) is 2. The van der Waals surface area contributed by atoms with Crippen molar-refractivity contribution >= 4 is 55.7 Å². The van der Waals surface area contributed by atoms with Gasteiger partial charge in [-0.25, -0.2) is 0 Å². The van der Waals surface area contributed by atoms with Gasteiger partial charge in [0.2, 0.25) is 0 Å². The molecule has 16 rings (SSSR count). The number of fused-ring (bicyclic) bond motifs is 12. The van der Waals surface area contributed by atoms with Crippen LogP contribution in [0.25, 0.3) is 77.2 Å². The molecule has 394 valence electrons. The van der Waals surface area contributed by atoms with Gasteiger partial charge in [0.15, 0.2) is 0 Å². The third-order valence-corrected chi connectivity index (χ3v) is 19.8. The van der Waals surface area contributed by atoms with Crippen molar-refractivity contribution in [3.63, 3.8) is 0 Å². The fourth-order valence-electron chi connectivity index (χ4n) is 15.1. The Labute approximate surface area is 482 Å². The lowest BCUT2D eigenvalue weighted by atomic mass is 9.71. The topological polar surface area (TPSA) is 6.48 Å². The highest BCUT2D eigenvalue weighted by molar-refractivity contribution is 5.97. The van der Waals surface area contributed by atoms with Crippen molar-refractivity contribution < 1.29 is 0 Å². The van der Waals surface area contributed by atoms with Crippen molar-refractivity contribution in [1.82, 2.24) is 0 Å². The second kappa shape index (κ2) is 17.1. The molecule has 0 fully saturated rings. The highest BCUT2D eigenvalue weighted by Crippen LogP contribution is 2.59. The molecule has 0 amide bonds. The molecule has 2 aliphatic carbocycles. The van der Waals surface area contributed by atoms with E-state index in [2.05, 4.69) is 308 Å². The van der Waals surface area contributed by atoms with E-state index in [1.165, 1.54) is 156 Å². The molecule has 0 N–H and O–H groups in total. The number of benzene rings is 12. The molecule has 2 aliphatic heterocycles. The number of nitrogens with zero attached hydrogens (tertiary/aromatic N) is 2. The maximum atomic E-state index is 2.53. The third kappa shape index (κ3) is 6.94. The first-order valence-corrected chi connectivity index (χ1v) is 29.3. The molecule has 0 aromatic heterocycles. The maximum absolute atomic E-state index is 2.53. The molecule has 4 aliphatic rings. The van der Waals surface area contributed by atoms with Crippen molar-refractivity contribution in [2.75, 3.05) is 9.80 Å². The summed E-state index contributed by atoms with van der Waals surface area (Å²) >= 11 is 0. The molecule has 0 unspecified atom stereocenters. The zero-order chi connectivity index (χ0) is 55.6. The van der Waals surface area contributed by atoms with Crippen LogP contribution in [0.15, 0.2) is 243 Å². The predicted molar refractivity (Wildman–Crippen MR) is 347 cm³/mol. The van der Waals surface area contributed by atoms with Gasteiger partial charge in [-0.3, -0.25) is 0 Å².